The average molecular weight is 572 g/mol. The molecular formula is C19H28F3IN6OS. The van der Waals surface area contributed by atoms with E-state index in [9.17, 15) is 18.3 Å². The molecule has 3 heterocycles. The van der Waals surface area contributed by atoms with Crippen molar-refractivity contribution in [2.24, 2.45) is 12.0 Å². The number of aliphatic imine (C=N–C) groups is 1. The van der Waals surface area contributed by atoms with Crippen LogP contribution in [0.25, 0.3) is 0 Å². The second-order valence-electron chi connectivity index (χ2n) is 7.13. The van der Waals surface area contributed by atoms with Crippen molar-refractivity contribution in [3.05, 3.63) is 35.7 Å². The molecule has 1 aliphatic rings. The number of thiophene rings is 1. The Bertz CT molecular complexity index is 836. The van der Waals surface area contributed by atoms with Crippen molar-refractivity contribution in [3.63, 3.8) is 0 Å². The van der Waals surface area contributed by atoms with Gasteiger partial charge in [-0.25, -0.2) is 4.98 Å². The van der Waals surface area contributed by atoms with E-state index in [2.05, 4.69) is 26.3 Å². The van der Waals surface area contributed by atoms with Gasteiger partial charge in [-0.05, 0) is 24.4 Å². The molecule has 12 heteroatoms. The summed E-state index contributed by atoms with van der Waals surface area (Å²) < 4.78 is 42.2. The lowest BCUT2D eigenvalue weighted by molar-refractivity contribution is -0.272. The molecule has 3 rings (SSSR count). The molecule has 31 heavy (non-hydrogen) atoms. The minimum Gasteiger partial charge on any atom is -0.374 e. The first kappa shape index (κ1) is 25.7. The van der Waals surface area contributed by atoms with Crippen molar-refractivity contribution in [2.45, 2.75) is 25.1 Å². The monoisotopic (exact) mass is 572 g/mol. The van der Waals surface area contributed by atoms with E-state index in [0.29, 0.717) is 25.6 Å². The Morgan fingerprint density at radius 2 is 2.00 bits per heavy atom. The lowest BCUT2D eigenvalue weighted by Gasteiger charge is -2.37. The summed E-state index contributed by atoms with van der Waals surface area (Å²) in [7, 11) is 1.43. The molecule has 1 fully saturated rings. The molecule has 2 aromatic rings. The maximum atomic E-state index is 13.7. The van der Waals surface area contributed by atoms with Gasteiger partial charge in [0.2, 0.25) is 5.60 Å². The minimum atomic E-state index is -4.85. The van der Waals surface area contributed by atoms with E-state index in [1.165, 1.54) is 29.0 Å². The third-order valence-corrected chi connectivity index (χ3v) is 6.06. The highest BCUT2D eigenvalue weighted by atomic mass is 127. The minimum absolute atomic E-state index is 0. The molecule has 1 aliphatic heterocycles. The number of piperazine rings is 1. The van der Waals surface area contributed by atoms with Crippen molar-refractivity contribution in [1.82, 2.24) is 19.8 Å². The number of aryl methyl sites for hydroxylation is 1. The van der Waals surface area contributed by atoms with E-state index in [0.717, 1.165) is 13.1 Å². The number of rotatable bonds is 6. The number of guanidine groups is 1. The number of aliphatic hydroxyl groups is 1. The van der Waals surface area contributed by atoms with E-state index in [-0.39, 0.29) is 30.5 Å². The van der Waals surface area contributed by atoms with E-state index in [4.69, 9.17) is 0 Å². The van der Waals surface area contributed by atoms with Crippen molar-refractivity contribution in [2.75, 3.05) is 44.2 Å². The normalized spacial score (nSPS) is 17.3. The molecule has 2 aromatic heterocycles. The third-order valence-electron chi connectivity index (χ3n) is 5.13. The van der Waals surface area contributed by atoms with E-state index in [1.807, 2.05) is 23.3 Å². The van der Waals surface area contributed by atoms with E-state index in [1.54, 1.807) is 11.3 Å². The summed E-state index contributed by atoms with van der Waals surface area (Å²) in [4.78, 5) is 12.4. The van der Waals surface area contributed by atoms with Crippen LogP contribution in [0.3, 0.4) is 0 Å². The number of hydrogen-bond acceptors (Lipinski definition) is 5. The largest absolute Gasteiger partial charge is 0.424 e. The Morgan fingerprint density at radius 1 is 1.29 bits per heavy atom. The van der Waals surface area contributed by atoms with Gasteiger partial charge in [-0.15, -0.1) is 35.3 Å². The van der Waals surface area contributed by atoms with Crippen LogP contribution in [-0.4, -0.2) is 71.0 Å². The van der Waals surface area contributed by atoms with Crippen LogP contribution in [0, 0.1) is 0 Å². The first-order chi connectivity index (χ1) is 14.3. The Labute approximate surface area is 201 Å². The van der Waals surface area contributed by atoms with Gasteiger partial charge in [-0.1, -0.05) is 0 Å². The highest BCUT2D eigenvalue weighted by molar-refractivity contribution is 14.0. The molecule has 0 aliphatic carbocycles. The standard InChI is InChI=1S/C19H27F3N6OS.HI/c1-3-23-17(28-12-10-27(11-13-28)15-5-4-14-30-15)25-7-6-18(29,19(20,21)22)16-24-8-9-26(16)2;/h4-5,8-9,14,29H,3,6-7,10-13H2,1-2H3,(H,23,25);1H. The van der Waals surface area contributed by atoms with Crippen LogP contribution in [0.1, 0.15) is 19.2 Å². The highest BCUT2D eigenvalue weighted by Gasteiger charge is 2.57. The molecule has 1 saturated heterocycles. The van der Waals surface area contributed by atoms with Gasteiger partial charge in [-0.3, -0.25) is 4.99 Å². The summed E-state index contributed by atoms with van der Waals surface area (Å²) in [6, 6.07) is 4.09. The van der Waals surface area contributed by atoms with Gasteiger partial charge >= 0.3 is 6.18 Å². The van der Waals surface area contributed by atoms with Crippen LogP contribution in [0.2, 0.25) is 0 Å². The quantitative estimate of drug-likeness (QED) is 0.317. The maximum absolute atomic E-state index is 13.7. The second-order valence-corrected chi connectivity index (χ2v) is 8.06. The number of hydrogen-bond donors (Lipinski definition) is 2. The van der Waals surface area contributed by atoms with Crippen LogP contribution in [0.5, 0.6) is 0 Å². The molecule has 0 spiro atoms. The third kappa shape index (κ3) is 5.83. The van der Waals surface area contributed by atoms with E-state index >= 15 is 0 Å². The highest BCUT2D eigenvalue weighted by Crippen LogP contribution is 2.40. The molecule has 0 aromatic carbocycles. The fourth-order valence-electron chi connectivity index (χ4n) is 3.48. The van der Waals surface area contributed by atoms with Crippen LogP contribution >= 0.6 is 35.3 Å². The summed E-state index contributed by atoms with van der Waals surface area (Å²) in [6.45, 7) is 5.38. The molecule has 1 unspecified atom stereocenters. The lowest BCUT2D eigenvalue weighted by atomic mass is 9.98. The first-order valence-electron chi connectivity index (χ1n) is 9.85. The van der Waals surface area contributed by atoms with Crippen molar-refractivity contribution >= 4 is 46.3 Å². The van der Waals surface area contributed by atoms with Gasteiger partial charge < -0.3 is 24.8 Å². The molecule has 1 atom stereocenters. The molecule has 0 radical (unpaired) electrons. The topological polar surface area (TPSA) is 68.9 Å². The van der Waals surface area contributed by atoms with Crippen molar-refractivity contribution in [1.29, 1.82) is 0 Å². The predicted octanol–water partition coefficient (Wildman–Crippen LogP) is 3.03. The Morgan fingerprint density at radius 3 is 2.52 bits per heavy atom. The molecule has 174 valence electrons. The number of nitrogens with zero attached hydrogens (tertiary/aromatic N) is 5. The summed E-state index contributed by atoms with van der Waals surface area (Å²) in [5.74, 6) is 0.132. The van der Waals surface area contributed by atoms with Crippen LogP contribution in [-0.2, 0) is 12.6 Å². The summed E-state index contributed by atoms with van der Waals surface area (Å²) in [5.41, 5.74) is -3.05. The molecule has 7 nitrogen and oxygen atoms in total. The number of nitrogens with one attached hydrogen (secondary N) is 1. The van der Waals surface area contributed by atoms with Crippen molar-refractivity contribution < 1.29 is 18.3 Å². The number of aromatic nitrogens is 2. The summed E-state index contributed by atoms with van der Waals surface area (Å²) in [6.07, 6.45) is -2.84. The van der Waals surface area contributed by atoms with Crippen LogP contribution in [0.4, 0.5) is 18.2 Å². The first-order valence-corrected chi connectivity index (χ1v) is 10.7. The molecule has 2 N–H and O–H groups in total. The predicted molar refractivity (Wildman–Crippen MR) is 127 cm³/mol. The average Bonchev–Trinajstić information content (AvgIpc) is 3.38. The fraction of sp³-hybridized carbons (Fsp3) is 0.579. The van der Waals surface area contributed by atoms with Gasteiger partial charge in [0.15, 0.2) is 5.96 Å². The second kappa shape index (κ2) is 10.9. The molecule has 0 saturated carbocycles. The Hall–Kier alpha value is -1.54. The Kier molecular flexibility index (Phi) is 9.01. The number of alkyl halides is 3. The Balaban J connectivity index is 0.00000341. The zero-order valence-corrected chi connectivity index (χ0v) is 20.6. The van der Waals surface area contributed by atoms with Crippen LogP contribution in [0.15, 0.2) is 34.9 Å². The van der Waals surface area contributed by atoms with Gasteiger partial charge in [0.25, 0.3) is 0 Å². The van der Waals surface area contributed by atoms with Crippen LogP contribution < -0.4 is 10.2 Å². The van der Waals surface area contributed by atoms with Gasteiger partial charge in [0.1, 0.15) is 5.82 Å². The van der Waals surface area contributed by atoms with Gasteiger partial charge in [0, 0.05) is 65.1 Å². The van der Waals surface area contributed by atoms with E-state index < -0.39 is 24.0 Å². The fourth-order valence-corrected chi connectivity index (χ4v) is 4.27. The SMILES string of the molecule is CCNC(=NCCC(O)(c1nccn1C)C(F)(F)F)N1CCN(c2cccs2)CC1.I. The molecule has 0 amide bonds. The van der Waals surface area contributed by atoms with Gasteiger partial charge in [0.05, 0.1) is 5.00 Å². The number of anilines is 1. The molecule has 0 bridgehead atoms. The van der Waals surface area contributed by atoms with Gasteiger partial charge in [-0.2, -0.15) is 13.2 Å². The summed E-state index contributed by atoms with van der Waals surface area (Å²) in [5, 5.41) is 16.9. The zero-order valence-electron chi connectivity index (χ0n) is 17.5. The zero-order chi connectivity index (χ0) is 21.8. The maximum Gasteiger partial charge on any atom is 0.424 e. The summed E-state index contributed by atoms with van der Waals surface area (Å²) >= 11 is 1.69. The lowest BCUT2D eigenvalue weighted by Crippen LogP contribution is -2.52. The van der Waals surface area contributed by atoms with Crippen molar-refractivity contribution in [3.8, 4) is 0 Å². The molecular weight excluding hydrogens is 544 g/mol. The number of imidazole rings is 1. The number of halogens is 4. The smallest absolute Gasteiger partial charge is 0.374 e.